The molecule has 0 aliphatic heterocycles. The Labute approximate surface area is 379 Å². The van der Waals surface area contributed by atoms with Crippen LogP contribution in [0, 0.1) is 5.41 Å². The van der Waals surface area contributed by atoms with Crippen LogP contribution >= 0.6 is 0 Å². The number of rotatable bonds is 6. The fraction of sp³-hybridized carbons (Fsp3) is 0.150. The highest BCUT2D eigenvalue weighted by atomic mass is 15.1. The molecule has 12 rings (SSSR count). The van der Waals surface area contributed by atoms with E-state index in [1.807, 2.05) is 60.7 Å². The van der Waals surface area contributed by atoms with Gasteiger partial charge in [0.05, 0.1) is 22.1 Å². The van der Waals surface area contributed by atoms with E-state index in [1.165, 1.54) is 60.3 Å². The van der Waals surface area contributed by atoms with E-state index in [1.54, 1.807) is 0 Å². The third-order valence-electron chi connectivity index (χ3n) is 15.5. The van der Waals surface area contributed by atoms with Gasteiger partial charge in [0, 0.05) is 49.6 Å². The van der Waals surface area contributed by atoms with Crippen molar-refractivity contribution >= 4 is 43.6 Å². The summed E-state index contributed by atoms with van der Waals surface area (Å²) in [6.07, 6.45) is 0. The molecule has 65 heavy (non-hydrogen) atoms. The number of para-hydroxylation sites is 2. The summed E-state index contributed by atoms with van der Waals surface area (Å²) in [7, 11) is 0. The van der Waals surface area contributed by atoms with Crippen molar-refractivity contribution in [3.63, 3.8) is 0 Å². The van der Waals surface area contributed by atoms with Gasteiger partial charge >= 0.3 is 0 Å². The quantitative estimate of drug-likeness (QED) is 0.168. The van der Waals surface area contributed by atoms with Crippen LogP contribution in [0.4, 0.5) is 0 Å². The Morgan fingerprint density at radius 2 is 0.754 bits per heavy atom. The monoisotopic (exact) mass is 839 g/mol. The number of aromatic nitrogens is 5. The number of fused-ring (bicyclic) bond motifs is 8. The van der Waals surface area contributed by atoms with Crippen LogP contribution in [0.3, 0.4) is 0 Å². The van der Waals surface area contributed by atoms with Crippen LogP contribution in [0.25, 0.3) is 100 Å². The molecular formula is C60H49N5. The summed E-state index contributed by atoms with van der Waals surface area (Å²) in [4.78, 5) is 15.0. The maximum absolute atomic E-state index is 5.03. The molecule has 0 bridgehead atoms. The highest BCUT2D eigenvalue weighted by molar-refractivity contribution is 6.23. The van der Waals surface area contributed by atoms with Crippen molar-refractivity contribution in [2.45, 2.75) is 52.4 Å². The second-order valence-electron chi connectivity index (χ2n) is 19.3. The molecule has 5 heteroatoms. The SMILES string of the molecule is CC1(C)c2cccc(-c3ccc(-n4c5ccccc5c5ccc6c7ccccc7n(-c7ccc(-c8nc(-c9ccccc9)nc(-c9ccccc9)n8)cc7)c6c54)cc3)c2C(C)(C)C1(C)C. The molecule has 3 heterocycles. The Morgan fingerprint density at radius 1 is 0.338 bits per heavy atom. The zero-order valence-corrected chi connectivity index (χ0v) is 37.6. The molecule has 0 saturated heterocycles. The summed E-state index contributed by atoms with van der Waals surface area (Å²) in [6, 6.07) is 67.5. The predicted octanol–water partition coefficient (Wildman–Crippen LogP) is 15.3. The van der Waals surface area contributed by atoms with E-state index in [-0.39, 0.29) is 16.2 Å². The molecule has 0 spiro atoms. The van der Waals surface area contributed by atoms with Crippen molar-refractivity contribution in [2.24, 2.45) is 5.41 Å². The molecule has 0 radical (unpaired) electrons. The Hall–Kier alpha value is -7.63. The van der Waals surface area contributed by atoms with E-state index < -0.39 is 0 Å². The molecule has 11 aromatic rings. The van der Waals surface area contributed by atoms with Crippen molar-refractivity contribution in [2.75, 3.05) is 0 Å². The number of hydrogen-bond acceptors (Lipinski definition) is 3. The summed E-state index contributed by atoms with van der Waals surface area (Å²) in [6.45, 7) is 14.6. The summed E-state index contributed by atoms with van der Waals surface area (Å²) >= 11 is 0. The molecule has 1 aliphatic rings. The minimum Gasteiger partial charge on any atom is -0.307 e. The van der Waals surface area contributed by atoms with E-state index in [4.69, 9.17) is 15.0 Å². The zero-order chi connectivity index (χ0) is 44.2. The lowest BCUT2D eigenvalue weighted by Gasteiger charge is -2.44. The minimum atomic E-state index is -0.00726. The van der Waals surface area contributed by atoms with Crippen molar-refractivity contribution < 1.29 is 0 Å². The molecule has 0 unspecified atom stereocenters. The number of hydrogen-bond donors (Lipinski definition) is 0. The van der Waals surface area contributed by atoms with Gasteiger partial charge < -0.3 is 9.13 Å². The van der Waals surface area contributed by atoms with Gasteiger partial charge in [-0.15, -0.1) is 0 Å². The second-order valence-corrected chi connectivity index (χ2v) is 19.3. The molecule has 1 aliphatic carbocycles. The van der Waals surface area contributed by atoms with Crippen LogP contribution in [0.15, 0.2) is 188 Å². The fourth-order valence-electron chi connectivity index (χ4n) is 10.9. The van der Waals surface area contributed by atoms with Gasteiger partial charge in [-0.2, -0.15) is 0 Å². The predicted molar refractivity (Wildman–Crippen MR) is 270 cm³/mol. The van der Waals surface area contributed by atoms with E-state index in [9.17, 15) is 0 Å². The average molecular weight is 840 g/mol. The van der Waals surface area contributed by atoms with Crippen LogP contribution in [-0.4, -0.2) is 24.1 Å². The third-order valence-corrected chi connectivity index (χ3v) is 15.5. The van der Waals surface area contributed by atoms with Crippen LogP contribution in [-0.2, 0) is 10.8 Å². The van der Waals surface area contributed by atoms with Crippen molar-refractivity contribution in [3.05, 3.63) is 199 Å². The minimum absolute atomic E-state index is 0.00726. The van der Waals surface area contributed by atoms with Gasteiger partial charge in [-0.25, -0.2) is 15.0 Å². The summed E-state index contributed by atoms with van der Waals surface area (Å²) in [5.41, 5.74) is 15.3. The lowest BCUT2D eigenvalue weighted by Crippen LogP contribution is -2.42. The summed E-state index contributed by atoms with van der Waals surface area (Å²) in [5.74, 6) is 1.93. The Morgan fingerprint density at radius 3 is 1.23 bits per heavy atom. The van der Waals surface area contributed by atoms with E-state index in [0.717, 1.165) is 33.6 Å². The van der Waals surface area contributed by atoms with E-state index in [0.29, 0.717) is 17.5 Å². The smallest absolute Gasteiger partial charge is 0.164 e. The lowest BCUT2D eigenvalue weighted by atomic mass is 9.59. The van der Waals surface area contributed by atoms with Crippen LogP contribution in [0.2, 0.25) is 0 Å². The van der Waals surface area contributed by atoms with Crippen LogP contribution in [0.1, 0.15) is 52.7 Å². The molecule has 8 aromatic carbocycles. The van der Waals surface area contributed by atoms with Gasteiger partial charge in [0.1, 0.15) is 0 Å². The molecule has 3 aromatic heterocycles. The largest absolute Gasteiger partial charge is 0.307 e. The molecule has 0 atom stereocenters. The standard InChI is InChI=1S/C60H49N5/c1-58(2)49-25-17-24-44(52(49)59(3,4)60(58,5)6)38-28-32-42(33-29-38)64-50-26-15-13-22-45(50)47-36-37-48-46-23-14-16-27-51(46)65(54(48)53(47)64)43-34-30-41(31-35-43)57-62-55(39-18-9-7-10-19-39)61-56(63-57)40-20-11-8-12-21-40/h7-37H,1-6H3. The maximum atomic E-state index is 5.03. The Bertz CT molecular complexity index is 3590. The van der Waals surface area contributed by atoms with Gasteiger partial charge in [-0.05, 0) is 87.0 Å². The maximum Gasteiger partial charge on any atom is 0.164 e. The topological polar surface area (TPSA) is 48.5 Å². The molecule has 0 N–H and O–H groups in total. The van der Waals surface area contributed by atoms with Gasteiger partial charge in [-0.1, -0.05) is 181 Å². The average Bonchev–Trinajstić information content (AvgIpc) is 3.90. The van der Waals surface area contributed by atoms with Gasteiger partial charge in [0.2, 0.25) is 0 Å². The summed E-state index contributed by atoms with van der Waals surface area (Å²) in [5, 5.41) is 4.87. The molecule has 0 amide bonds. The number of nitrogens with zero attached hydrogens (tertiary/aromatic N) is 5. The first kappa shape index (κ1) is 39.0. The normalized spacial score (nSPS) is 15.0. The van der Waals surface area contributed by atoms with Crippen molar-refractivity contribution in [1.29, 1.82) is 0 Å². The van der Waals surface area contributed by atoms with Gasteiger partial charge in [0.25, 0.3) is 0 Å². The first-order valence-electron chi connectivity index (χ1n) is 22.7. The van der Waals surface area contributed by atoms with Crippen LogP contribution < -0.4 is 0 Å². The van der Waals surface area contributed by atoms with Crippen LogP contribution in [0.5, 0.6) is 0 Å². The van der Waals surface area contributed by atoms with Crippen molar-refractivity contribution in [1.82, 2.24) is 24.1 Å². The highest BCUT2D eigenvalue weighted by Crippen LogP contribution is 2.63. The molecule has 0 saturated carbocycles. The Balaban J connectivity index is 1.04. The van der Waals surface area contributed by atoms with Gasteiger partial charge in [0.15, 0.2) is 17.5 Å². The lowest BCUT2D eigenvalue weighted by molar-refractivity contribution is 0.125. The van der Waals surface area contributed by atoms with Gasteiger partial charge in [-0.3, -0.25) is 0 Å². The molecule has 314 valence electrons. The first-order chi connectivity index (χ1) is 31.5. The molecule has 0 fully saturated rings. The zero-order valence-electron chi connectivity index (χ0n) is 37.6. The summed E-state index contributed by atoms with van der Waals surface area (Å²) < 4.78 is 4.92. The molecular weight excluding hydrogens is 791 g/mol. The Kier molecular flexibility index (Phi) is 8.51. The van der Waals surface area contributed by atoms with E-state index >= 15 is 0 Å². The second kappa shape index (κ2) is 14.2. The third kappa shape index (κ3) is 5.67. The first-order valence-corrected chi connectivity index (χ1v) is 22.7. The number of benzene rings is 8. The van der Waals surface area contributed by atoms with Crippen molar-refractivity contribution in [3.8, 4) is 56.7 Å². The van der Waals surface area contributed by atoms with E-state index in [2.05, 4.69) is 178 Å². The fourth-order valence-corrected chi connectivity index (χ4v) is 10.9. The molecule has 5 nitrogen and oxygen atoms in total. The highest BCUT2D eigenvalue weighted by Gasteiger charge is 2.57.